The van der Waals surface area contributed by atoms with Crippen molar-refractivity contribution in [2.45, 2.75) is 12.5 Å². The molecule has 0 saturated carbocycles. The third-order valence-corrected chi connectivity index (χ3v) is 3.47. The highest BCUT2D eigenvalue weighted by Gasteiger charge is 2.16. The molecule has 0 aliphatic heterocycles. The first-order valence-electron chi connectivity index (χ1n) is 5.54. The van der Waals surface area contributed by atoms with Gasteiger partial charge in [0.05, 0.1) is 6.10 Å². The average molecular weight is 348 g/mol. The lowest BCUT2D eigenvalue weighted by atomic mass is 10.0. The van der Waals surface area contributed by atoms with E-state index in [0.717, 1.165) is 6.07 Å². The Morgan fingerprint density at radius 1 is 1.11 bits per heavy atom. The molecule has 2 rings (SSSR count). The third-order valence-electron chi connectivity index (χ3n) is 2.74. The van der Waals surface area contributed by atoms with Gasteiger partial charge in [0.25, 0.3) is 0 Å². The Morgan fingerprint density at radius 2 is 1.84 bits per heavy atom. The fourth-order valence-electron chi connectivity index (χ4n) is 1.79. The monoisotopic (exact) mass is 346 g/mol. The molecule has 2 aromatic carbocycles. The number of hydrogen-bond donors (Lipinski definition) is 1. The summed E-state index contributed by atoms with van der Waals surface area (Å²) >= 11 is 8.87. The van der Waals surface area contributed by atoms with Crippen molar-refractivity contribution in [1.29, 1.82) is 0 Å². The van der Waals surface area contributed by atoms with Crippen LogP contribution in [0, 0.1) is 11.6 Å². The number of aliphatic hydroxyl groups is 1. The van der Waals surface area contributed by atoms with Gasteiger partial charge in [-0.25, -0.2) is 8.78 Å². The van der Waals surface area contributed by atoms with Crippen LogP contribution < -0.4 is 0 Å². The lowest BCUT2D eigenvalue weighted by Gasteiger charge is -2.13. The lowest BCUT2D eigenvalue weighted by Crippen LogP contribution is -2.06. The second-order valence-electron chi connectivity index (χ2n) is 4.12. The highest BCUT2D eigenvalue weighted by Crippen LogP contribution is 2.26. The van der Waals surface area contributed by atoms with E-state index in [0.29, 0.717) is 10.0 Å². The zero-order chi connectivity index (χ0) is 14.0. The van der Waals surface area contributed by atoms with Gasteiger partial charge in [0, 0.05) is 21.5 Å². The molecular weight excluding hydrogens is 338 g/mol. The maximum atomic E-state index is 13.6. The van der Waals surface area contributed by atoms with Gasteiger partial charge >= 0.3 is 0 Å². The summed E-state index contributed by atoms with van der Waals surface area (Å²) in [6.45, 7) is 0. The summed E-state index contributed by atoms with van der Waals surface area (Å²) in [4.78, 5) is 0. The first kappa shape index (κ1) is 14.4. The maximum Gasteiger partial charge on any atom is 0.130 e. The number of aliphatic hydroxyl groups excluding tert-OH is 1. The highest BCUT2D eigenvalue weighted by atomic mass is 79.9. The first-order valence-corrected chi connectivity index (χ1v) is 6.71. The fourth-order valence-corrected chi connectivity index (χ4v) is 2.36. The zero-order valence-corrected chi connectivity index (χ0v) is 12.0. The van der Waals surface area contributed by atoms with Crippen LogP contribution in [0.5, 0.6) is 0 Å². The van der Waals surface area contributed by atoms with Gasteiger partial charge in [-0.05, 0) is 35.9 Å². The van der Waals surface area contributed by atoms with Crippen molar-refractivity contribution in [3.05, 3.63) is 68.7 Å². The third kappa shape index (κ3) is 3.53. The molecule has 1 nitrogen and oxygen atoms in total. The van der Waals surface area contributed by atoms with Crippen LogP contribution in [0.3, 0.4) is 0 Å². The molecule has 0 aromatic heterocycles. The van der Waals surface area contributed by atoms with Crippen LogP contribution in [0.15, 0.2) is 40.9 Å². The minimum absolute atomic E-state index is 0.0101. The molecule has 0 spiro atoms. The smallest absolute Gasteiger partial charge is 0.130 e. The molecule has 2 aromatic rings. The Balaban J connectivity index is 2.25. The van der Waals surface area contributed by atoms with E-state index in [-0.39, 0.29) is 17.0 Å². The van der Waals surface area contributed by atoms with Gasteiger partial charge in [0.1, 0.15) is 11.6 Å². The molecule has 0 amide bonds. The molecule has 0 bridgehead atoms. The van der Waals surface area contributed by atoms with E-state index >= 15 is 0 Å². The standard InChI is InChI=1S/C14H10BrClF2O/c15-9-1-4-12(17)8(5-9)6-14(19)11-3-2-10(16)7-13(11)18/h1-5,7,14,19H,6H2. The van der Waals surface area contributed by atoms with Gasteiger partial charge in [-0.1, -0.05) is 33.6 Å². The zero-order valence-electron chi connectivity index (χ0n) is 9.71. The minimum Gasteiger partial charge on any atom is -0.388 e. The van der Waals surface area contributed by atoms with Gasteiger partial charge in [0.15, 0.2) is 0 Å². The van der Waals surface area contributed by atoms with E-state index < -0.39 is 17.7 Å². The maximum absolute atomic E-state index is 13.6. The van der Waals surface area contributed by atoms with E-state index in [4.69, 9.17) is 11.6 Å². The summed E-state index contributed by atoms with van der Waals surface area (Å²) in [5.74, 6) is -1.04. The van der Waals surface area contributed by atoms with Crippen molar-refractivity contribution < 1.29 is 13.9 Å². The molecule has 19 heavy (non-hydrogen) atoms. The van der Waals surface area contributed by atoms with Gasteiger partial charge in [-0.15, -0.1) is 0 Å². The first-order chi connectivity index (χ1) is 8.97. The Labute approximate surface area is 123 Å². The van der Waals surface area contributed by atoms with E-state index in [2.05, 4.69) is 15.9 Å². The molecule has 0 saturated heterocycles. The van der Waals surface area contributed by atoms with Crippen molar-refractivity contribution in [3.8, 4) is 0 Å². The van der Waals surface area contributed by atoms with Crippen molar-refractivity contribution in [3.63, 3.8) is 0 Å². The van der Waals surface area contributed by atoms with Crippen LogP contribution in [-0.2, 0) is 6.42 Å². The molecule has 0 radical (unpaired) electrons. The summed E-state index contributed by atoms with van der Waals surface area (Å²) in [5, 5.41) is 10.2. The topological polar surface area (TPSA) is 20.2 Å². The molecule has 0 aliphatic carbocycles. The van der Waals surface area contributed by atoms with E-state index in [9.17, 15) is 13.9 Å². The van der Waals surface area contributed by atoms with Crippen molar-refractivity contribution >= 4 is 27.5 Å². The number of rotatable bonds is 3. The summed E-state index contributed by atoms with van der Waals surface area (Å²) < 4.78 is 27.9. The minimum atomic E-state index is -1.12. The molecule has 1 N–H and O–H groups in total. The van der Waals surface area contributed by atoms with Crippen molar-refractivity contribution in [1.82, 2.24) is 0 Å². The van der Waals surface area contributed by atoms with Crippen molar-refractivity contribution in [2.24, 2.45) is 0 Å². The SMILES string of the molecule is OC(Cc1cc(Br)ccc1F)c1ccc(Cl)cc1F. The Kier molecular flexibility index (Phi) is 4.55. The van der Waals surface area contributed by atoms with Crippen LogP contribution in [0.4, 0.5) is 8.78 Å². The Hall–Kier alpha value is -0.970. The summed E-state index contributed by atoms with van der Waals surface area (Å²) in [6.07, 6.45) is -1.13. The average Bonchev–Trinajstić information content (AvgIpc) is 2.33. The van der Waals surface area contributed by atoms with Crippen LogP contribution in [-0.4, -0.2) is 5.11 Å². The Bertz CT molecular complexity index is 604. The molecule has 100 valence electrons. The predicted molar refractivity (Wildman–Crippen MR) is 74.2 cm³/mol. The lowest BCUT2D eigenvalue weighted by molar-refractivity contribution is 0.172. The fraction of sp³-hybridized carbons (Fsp3) is 0.143. The van der Waals surface area contributed by atoms with E-state index in [1.54, 1.807) is 12.1 Å². The van der Waals surface area contributed by atoms with E-state index in [1.807, 2.05) is 0 Å². The summed E-state index contributed by atoms with van der Waals surface area (Å²) in [7, 11) is 0. The Morgan fingerprint density at radius 3 is 2.53 bits per heavy atom. The van der Waals surface area contributed by atoms with Crippen LogP contribution >= 0.6 is 27.5 Å². The highest BCUT2D eigenvalue weighted by molar-refractivity contribution is 9.10. The molecule has 0 fully saturated rings. The number of hydrogen-bond acceptors (Lipinski definition) is 1. The second-order valence-corrected chi connectivity index (χ2v) is 5.47. The molecule has 1 atom stereocenters. The van der Waals surface area contributed by atoms with Gasteiger partial charge < -0.3 is 5.11 Å². The van der Waals surface area contributed by atoms with Crippen LogP contribution in [0.25, 0.3) is 0 Å². The number of halogens is 4. The second kappa shape index (κ2) is 5.99. The molecule has 0 heterocycles. The summed E-state index contributed by atoms with van der Waals surface area (Å²) in [5.41, 5.74) is 0.417. The largest absolute Gasteiger partial charge is 0.388 e. The predicted octanol–water partition coefficient (Wildman–Crippen LogP) is 4.66. The van der Waals surface area contributed by atoms with Gasteiger partial charge in [0.2, 0.25) is 0 Å². The molecule has 1 unspecified atom stereocenters. The molecule has 5 heteroatoms. The quantitative estimate of drug-likeness (QED) is 0.856. The molecular formula is C14H10BrClF2O. The van der Waals surface area contributed by atoms with Gasteiger partial charge in [-0.3, -0.25) is 0 Å². The van der Waals surface area contributed by atoms with Crippen molar-refractivity contribution in [2.75, 3.05) is 0 Å². The number of benzene rings is 2. The van der Waals surface area contributed by atoms with Crippen LogP contribution in [0.2, 0.25) is 5.02 Å². The normalized spacial score (nSPS) is 12.5. The van der Waals surface area contributed by atoms with E-state index in [1.165, 1.54) is 18.2 Å². The summed E-state index contributed by atoms with van der Waals surface area (Å²) in [6, 6.07) is 8.43. The van der Waals surface area contributed by atoms with Gasteiger partial charge in [-0.2, -0.15) is 0 Å². The molecule has 0 aliphatic rings. The van der Waals surface area contributed by atoms with Crippen LogP contribution in [0.1, 0.15) is 17.2 Å².